The van der Waals surface area contributed by atoms with E-state index in [0.29, 0.717) is 0 Å². The fourth-order valence-corrected chi connectivity index (χ4v) is 3.34. The number of methoxy groups -OCH3 is 1. The first kappa shape index (κ1) is 33.5. The van der Waals surface area contributed by atoms with Gasteiger partial charge >= 0.3 is 11.9 Å². The lowest BCUT2D eigenvalue weighted by molar-refractivity contribution is -0.142. The lowest BCUT2D eigenvalue weighted by Gasteiger charge is -2.18. The Morgan fingerprint density at radius 3 is 1.53 bits per heavy atom. The van der Waals surface area contributed by atoms with E-state index in [1.54, 1.807) is 0 Å². The summed E-state index contributed by atoms with van der Waals surface area (Å²) >= 11 is 0. The van der Waals surface area contributed by atoms with E-state index in [-0.39, 0.29) is 11.9 Å². The third kappa shape index (κ3) is 26.9. The van der Waals surface area contributed by atoms with Crippen LogP contribution in [0.4, 0.5) is 0 Å². The van der Waals surface area contributed by atoms with Crippen molar-refractivity contribution in [2.45, 2.75) is 125 Å². The number of hydrogen-bond donors (Lipinski definition) is 2. The summed E-state index contributed by atoms with van der Waals surface area (Å²) in [5, 5.41) is 8.54. The Balaban J connectivity index is -0.000000323. The molecule has 2 fully saturated rings. The van der Waals surface area contributed by atoms with Crippen LogP contribution in [0.5, 0.6) is 0 Å². The van der Waals surface area contributed by atoms with Gasteiger partial charge in [0.15, 0.2) is 0 Å². The second-order valence-electron chi connectivity index (χ2n) is 7.78. The minimum atomic E-state index is -0.602. The molecule has 0 amide bonds. The molecule has 0 atom stereocenters. The highest BCUT2D eigenvalue weighted by molar-refractivity contribution is 5.69. The van der Waals surface area contributed by atoms with E-state index < -0.39 is 5.97 Å². The molecule has 3 N–H and O–H groups in total. The molecule has 0 bridgehead atoms. The number of carbonyl (C=O) groups is 2. The van der Waals surface area contributed by atoms with Crippen molar-refractivity contribution in [2.24, 2.45) is 17.6 Å². The Morgan fingerprint density at radius 1 is 0.900 bits per heavy atom. The van der Waals surface area contributed by atoms with Crippen LogP contribution in [0, 0.1) is 11.8 Å². The van der Waals surface area contributed by atoms with Gasteiger partial charge in [0.2, 0.25) is 0 Å². The fourth-order valence-electron chi connectivity index (χ4n) is 3.34. The Labute approximate surface area is 187 Å². The average molecular weight is 432 g/mol. The van der Waals surface area contributed by atoms with Gasteiger partial charge in [-0.3, -0.25) is 9.59 Å². The third-order valence-electron chi connectivity index (χ3n) is 5.35. The van der Waals surface area contributed by atoms with Crippen LogP contribution in [0.15, 0.2) is 0 Å². The van der Waals surface area contributed by atoms with Crippen LogP contribution in [-0.2, 0) is 14.3 Å². The molecular formula is C25H53NO4. The predicted octanol–water partition coefficient (Wildman–Crippen LogP) is 6.97. The van der Waals surface area contributed by atoms with Crippen LogP contribution in [0.3, 0.4) is 0 Å². The van der Waals surface area contributed by atoms with Gasteiger partial charge in [0.1, 0.15) is 0 Å². The predicted molar refractivity (Wildman–Crippen MR) is 129 cm³/mol. The van der Waals surface area contributed by atoms with Gasteiger partial charge < -0.3 is 15.6 Å². The summed E-state index contributed by atoms with van der Waals surface area (Å²) < 4.78 is 4.11. The standard InChI is InChI=1S/C8H16.C7H12O2.C5H13N.C3H6O2.C2H6/c1-2-8-6-4-3-5-7-8;8-7(9)6-4-2-1-3-5-6;1-2-3-4-5-6;1-3(4)5-2;1-2/h8H,2-7H2,1H3;6H,1-5H2,(H,8,9);2-6H2,1H3;1-2H3;1-2H3. The minimum Gasteiger partial charge on any atom is -0.481 e. The average Bonchev–Trinajstić information content (AvgIpc) is 2.81. The summed E-state index contributed by atoms with van der Waals surface area (Å²) in [6, 6.07) is 0. The van der Waals surface area contributed by atoms with Crippen LogP contribution < -0.4 is 5.73 Å². The first-order chi connectivity index (χ1) is 14.4. The maximum absolute atomic E-state index is 10.4. The number of hydrogen-bond acceptors (Lipinski definition) is 4. The fraction of sp³-hybridized carbons (Fsp3) is 0.920. The number of carboxylic acid groups (broad SMARTS) is 1. The van der Waals surface area contributed by atoms with Crippen molar-refractivity contribution in [3.05, 3.63) is 0 Å². The smallest absolute Gasteiger partial charge is 0.306 e. The second kappa shape index (κ2) is 27.9. The number of carboxylic acids is 1. The molecule has 0 aromatic rings. The van der Waals surface area contributed by atoms with Crippen LogP contribution in [0.25, 0.3) is 0 Å². The molecule has 5 heteroatoms. The summed E-state index contributed by atoms with van der Waals surface area (Å²) in [5.74, 6) is 0.210. The molecule has 0 aromatic heterocycles. The highest BCUT2D eigenvalue weighted by Crippen LogP contribution is 2.25. The number of nitrogens with two attached hydrogens (primary N) is 1. The highest BCUT2D eigenvalue weighted by Gasteiger charge is 2.19. The monoisotopic (exact) mass is 431 g/mol. The van der Waals surface area contributed by atoms with Crippen LogP contribution >= 0.6 is 0 Å². The number of esters is 1. The number of carbonyl (C=O) groups excluding carboxylic acids is 1. The summed E-state index contributed by atoms with van der Waals surface area (Å²) in [7, 11) is 1.35. The third-order valence-corrected chi connectivity index (χ3v) is 5.35. The Kier molecular flexibility index (Phi) is 31.2. The van der Waals surface area contributed by atoms with Crippen molar-refractivity contribution in [1.82, 2.24) is 0 Å². The quantitative estimate of drug-likeness (QED) is 0.362. The molecule has 30 heavy (non-hydrogen) atoms. The van der Waals surface area contributed by atoms with Crippen molar-refractivity contribution in [1.29, 1.82) is 0 Å². The zero-order valence-corrected chi connectivity index (χ0v) is 21.0. The Bertz CT molecular complexity index is 345. The summed E-state index contributed by atoms with van der Waals surface area (Å²) in [5.41, 5.74) is 5.21. The van der Waals surface area contributed by atoms with Gasteiger partial charge in [0.05, 0.1) is 13.0 Å². The van der Waals surface area contributed by atoms with Crippen molar-refractivity contribution in [2.75, 3.05) is 13.7 Å². The molecule has 182 valence electrons. The summed E-state index contributed by atoms with van der Waals surface area (Å²) in [6.07, 6.45) is 17.9. The zero-order chi connectivity index (χ0) is 23.6. The largest absolute Gasteiger partial charge is 0.481 e. The van der Waals surface area contributed by atoms with Crippen molar-refractivity contribution in [3.8, 4) is 0 Å². The zero-order valence-electron chi connectivity index (χ0n) is 21.0. The maximum Gasteiger partial charge on any atom is 0.306 e. The Hall–Kier alpha value is -1.10. The van der Waals surface area contributed by atoms with Crippen LogP contribution in [-0.4, -0.2) is 30.7 Å². The molecule has 2 saturated carbocycles. The van der Waals surface area contributed by atoms with Gasteiger partial charge in [-0.05, 0) is 31.7 Å². The molecule has 2 aliphatic rings. The molecule has 0 radical (unpaired) electrons. The van der Waals surface area contributed by atoms with Crippen molar-refractivity contribution < 1.29 is 19.4 Å². The molecule has 5 nitrogen and oxygen atoms in total. The maximum atomic E-state index is 10.4. The first-order valence-corrected chi connectivity index (χ1v) is 12.4. The summed E-state index contributed by atoms with van der Waals surface area (Å²) in [6.45, 7) is 10.7. The van der Waals surface area contributed by atoms with Crippen LogP contribution in [0.2, 0.25) is 0 Å². The highest BCUT2D eigenvalue weighted by atomic mass is 16.5. The molecule has 0 saturated heterocycles. The molecule has 2 aliphatic carbocycles. The van der Waals surface area contributed by atoms with E-state index in [4.69, 9.17) is 10.8 Å². The molecule has 2 rings (SSSR count). The topological polar surface area (TPSA) is 89.6 Å². The van der Waals surface area contributed by atoms with E-state index in [2.05, 4.69) is 18.6 Å². The number of rotatable bonds is 5. The normalized spacial score (nSPS) is 16.0. The van der Waals surface area contributed by atoms with Crippen LogP contribution in [0.1, 0.15) is 125 Å². The number of unbranched alkanes of at least 4 members (excludes halogenated alkanes) is 2. The molecule has 0 aromatic carbocycles. The molecule has 0 unspecified atom stereocenters. The summed E-state index contributed by atoms with van der Waals surface area (Å²) in [4.78, 5) is 19.9. The lowest BCUT2D eigenvalue weighted by atomic mass is 9.88. The number of ether oxygens (including phenoxy) is 1. The molecular weight excluding hydrogens is 378 g/mol. The van der Waals surface area contributed by atoms with E-state index in [1.165, 1.54) is 78.2 Å². The molecule has 0 spiro atoms. The van der Waals surface area contributed by atoms with Gasteiger partial charge in [0.25, 0.3) is 0 Å². The van der Waals surface area contributed by atoms with Gasteiger partial charge in [-0.1, -0.05) is 98.3 Å². The van der Waals surface area contributed by atoms with Gasteiger partial charge in [-0.25, -0.2) is 0 Å². The molecule has 0 aliphatic heterocycles. The first-order valence-electron chi connectivity index (χ1n) is 12.4. The molecule has 0 heterocycles. The minimum absolute atomic E-state index is 0.0289. The Morgan fingerprint density at radius 2 is 1.33 bits per heavy atom. The van der Waals surface area contributed by atoms with E-state index >= 15 is 0 Å². The van der Waals surface area contributed by atoms with Gasteiger partial charge in [-0.15, -0.1) is 0 Å². The van der Waals surface area contributed by atoms with E-state index in [1.807, 2.05) is 13.8 Å². The van der Waals surface area contributed by atoms with Crippen molar-refractivity contribution in [3.63, 3.8) is 0 Å². The second-order valence-corrected chi connectivity index (χ2v) is 7.78. The SMILES string of the molecule is CC.CCC1CCCCC1.CCCCCN.COC(C)=O.O=C(O)C1CCCCC1. The van der Waals surface area contributed by atoms with E-state index in [0.717, 1.165) is 38.1 Å². The lowest BCUT2D eigenvalue weighted by Crippen LogP contribution is -2.16. The van der Waals surface area contributed by atoms with E-state index in [9.17, 15) is 9.59 Å². The number of aliphatic carboxylic acids is 1. The van der Waals surface area contributed by atoms with Crippen molar-refractivity contribution >= 4 is 11.9 Å². The van der Waals surface area contributed by atoms with Gasteiger partial charge in [0, 0.05) is 6.92 Å². The van der Waals surface area contributed by atoms with Gasteiger partial charge in [-0.2, -0.15) is 0 Å².